The highest BCUT2D eigenvalue weighted by Crippen LogP contribution is 2.27. The highest BCUT2D eigenvalue weighted by atomic mass is 19.4. The second kappa shape index (κ2) is 7.62. The van der Waals surface area contributed by atoms with E-state index >= 15 is 0 Å². The molecule has 3 amide bonds. The fourth-order valence-electron chi connectivity index (χ4n) is 2.88. The van der Waals surface area contributed by atoms with Gasteiger partial charge in [-0.05, 0) is 18.9 Å². The van der Waals surface area contributed by atoms with Crippen molar-refractivity contribution in [2.75, 3.05) is 20.1 Å². The summed E-state index contributed by atoms with van der Waals surface area (Å²) >= 11 is 0. The topological polar surface area (TPSA) is 75.9 Å². The molecule has 2 N–H and O–H groups in total. The molecule has 0 bridgehead atoms. The summed E-state index contributed by atoms with van der Waals surface area (Å²) in [4.78, 5) is 26.6. The zero-order valence-corrected chi connectivity index (χ0v) is 13.8. The molecule has 1 aromatic rings. The molecule has 0 unspecified atom stereocenters. The quantitative estimate of drug-likeness (QED) is 0.897. The van der Waals surface area contributed by atoms with Gasteiger partial charge in [-0.3, -0.25) is 4.79 Å². The first-order valence-electron chi connectivity index (χ1n) is 7.80. The first kappa shape index (κ1) is 18.9. The molecule has 138 valence electrons. The molecule has 1 aliphatic heterocycles. The first-order valence-corrected chi connectivity index (χ1v) is 7.80. The van der Waals surface area contributed by atoms with Crippen molar-refractivity contribution in [3.63, 3.8) is 0 Å². The van der Waals surface area contributed by atoms with E-state index in [1.807, 2.05) is 0 Å². The van der Waals surface area contributed by atoms with E-state index in [9.17, 15) is 22.8 Å². The summed E-state index contributed by atoms with van der Waals surface area (Å²) < 4.78 is 41.4. The van der Waals surface area contributed by atoms with Gasteiger partial charge in [0.05, 0.1) is 5.92 Å². The first-order chi connectivity index (χ1) is 11.7. The molecule has 0 radical (unpaired) electrons. The molecule has 9 heteroatoms. The number of benzene rings is 1. The van der Waals surface area contributed by atoms with Gasteiger partial charge in [0, 0.05) is 32.2 Å². The number of alkyl halides is 3. The van der Waals surface area contributed by atoms with Crippen molar-refractivity contribution in [2.24, 2.45) is 11.7 Å². The fraction of sp³-hybridized carbons (Fsp3) is 0.500. The van der Waals surface area contributed by atoms with Crippen molar-refractivity contribution in [1.82, 2.24) is 9.80 Å². The van der Waals surface area contributed by atoms with Crippen LogP contribution in [0, 0.1) is 5.92 Å². The summed E-state index contributed by atoms with van der Waals surface area (Å²) in [6.45, 7) is 0.697. The maximum atomic E-state index is 12.6. The molecule has 0 aromatic heterocycles. The lowest BCUT2D eigenvalue weighted by molar-refractivity contribution is -0.275. The van der Waals surface area contributed by atoms with Crippen LogP contribution in [0.5, 0.6) is 5.75 Å². The largest absolute Gasteiger partial charge is 0.573 e. The number of piperidine rings is 1. The van der Waals surface area contributed by atoms with E-state index in [0.29, 0.717) is 19.4 Å². The molecule has 1 saturated heterocycles. The monoisotopic (exact) mass is 359 g/mol. The molecule has 6 nitrogen and oxygen atoms in total. The number of nitrogens with two attached hydrogens (primary N) is 1. The average molecular weight is 359 g/mol. The Hall–Kier alpha value is -2.45. The number of likely N-dealkylation sites (tertiary alicyclic amines) is 1. The minimum atomic E-state index is -4.80. The van der Waals surface area contributed by atoms with Gasteiger partial charge >= 0.3 is 12.4 Å². The van der Waals surface area contributed by atoms with E-state index in [0.717, 1.165) is 0 Å². The number of ether oxygens (including phenoxy) is 1. The molecule has 1 fully saturated rings. The van der Waals surface area contributed by atoms with E-state index in [-0.39, 0.29) is 30.3 Å². The molecule has 0 spiro atoms. The lowest BCUT2D eigenvalue weighted by atomic mass is 9.96. The van der Waals surface area contributed by atoms with Gasteiger partial charge in [-0.1, -0.05) is 18.2 Å². The number of carbonyl (C=O) groups excluding carboxylic acids is 2. The lowest BCUT2D eigenvalue weighted by Gasteiger charge is -2.33. The summed E-state index contributed by atoms with van der Waals surface area (Å²) in [6.07, 6.45) is -3.54. The van der Waals surface area contributed by atoms with Crippen molar-refractivity contribution in [2.45, 2.75) is 25.7 Å². The Balaban J connectivity index is 2.05. The number of amides is 3. The molecule has 0 aliphatic carbocycles. The predicted molar refractivity (Wildman–Crippen MR) is 83.5 cm³/mol. The molecule has 1 aliphatic rings. The Kier molecular flexibility index (Phi) is 5.76. The number of hydrogen-bond acceptors (Lipinski definition) is 3. The van der Waals surface area contributed by atoms with E-state index in [4.69, 9.17) is 5.73 Å². The number of nitrogens with zero attached hydrogens (tertiary/aromatic N) is 2. The molecule has 0 saturated carbocycles. The van der Waals surface area contributed by atoms with Gasteiger partial charge in [0.25, 0.3) is 0 Å². The minimum absolute atomic E-state index is 0.0296. The van der Waals surface area contributed by atoms with Crippen LogP contribution < -0.4 is 10.5 Å². The number of para-hydroxylation sites is 1. The van der Waals surface area contributed by atoms with Crippen LogP contribution in [0.2, 0.25) is 0 Å². The minimum Gasteiger partial charge on any atom is -0.405 e. The Morgan fingerprint density at radius 2 is 2.04 bits per heavy atom. The SMILES string of the molecule is CN(Cc1ccccc1OC(F)(F)F)C(=O)[C@@H]1CCCN(C(N)=O)C1. The Bertz CT molecular complexity index is 637. The van der Waals surface area contributed by atoms with Gasteiger partial charge in [0.2, 0.25) is 5.91 Å². The number of carbonyl (C=O) groups is 2. The summed E-state index contributed by atoms with van der Waals surface area (Å²) in [5, 5.41) is 0. The van der Waals surface area contributed by atoms with Crippen LogP contribution in [-0.4, -0.2) is 48.2 Å². The highest BCUT2D eigenvalue weighted by Gasteiger charge is 2.33. The number of rotatable bonds is 4. The highest BCUT2D eigenvalue weighted by molar-refractivity contribution is 5.80. The summed E-state index contributed by atoms with van der Waals surface area (Å²) in [5.41, 5.74) is 5.50. The third-order valence-electron chi connectivity index (χ3n) is 4.06. The Morgan fingerprint density at radius 1 is 1.36 bits per heavy atom. The zero-order valence-electron chi connectivity index (χ0n) is 13.8. The molecular weight excluding hydrogens is 339 g/mol. The normalized spacial score (nSPS) is 17.9. The average Bonchev–Trinajstić information content (AvgIpc) is 2.54. The van der Waals surface area contributed by atoms with Crippen molar-refractivity contribution in [3.05, 3.63) is 29.8 Å². The fourth-order valence-corrected chi connectivity index (χ4v) is 2.88. The van der Waals surface area contributed by atoms with Crippen molar-refractivity contribution >= 4 is 11.9 Å². The van der Waals surface area contributed by atoms with Crippen LogP contribution in [0.4, 0.5) is 18.0 Å². The van der Waals surface area contributed by atoms with Crippen molar-refractivity contribution in [3.8, 4) is 5.75 Å². The maximum absolute atomic E-state index is 12.6. The lowest BCUT2D eigenvalue weighted by Crippen LogP contribution is -2.47. The number of primary amides is 1. The van der Waals surface area contributed by atoms with Crippen LogP contribution in [-0.2, 0) is 11.3 Å². The van der Waals surface area contributed by atoms with E-state index in [2.05, 4.69) is 4.74 Å². The number of urea groups is 1. The van der Waals surface area contributed by atoms with Crippen molar-refractivity contribution in [1.29, 1.82) is 0 Å². The molecular formula is C16H20F3N3O3. The van der Waals surface area contributed by atoms with Crippen LogP contribution >= 0.6 is 0 Å². The standard InChI is InChI=1S/C16H20F3N3O3/c1-21(14(23)12-6-4-8-22(10-12)15(20)24)9-11-5-2-3-7-13(11)25-16(17,18)19/h2-3,5,7,12H,4,6,8-10H2,1H3,(H2,20,24)/t12-/m1/s1. The Morgan fingerprint density at radius 3 is 2.68 bits per heavy atom. The number of hydrogen-bond donors (Lipinski definition) is 1. The summed E-state index contributed by atoms with van der Waals surface area (Å²) in [5.74, 6) is -0.994. The Labute approximate surface area is 143 Å². The second-order valence-electron chi connectivity index (χ2n) is 5.97. The third kappa shape index (κ3) is 5.27. The predicted octanol–water partition coefficient (Wildman–Crippen LogP) is 2.33. The smallest absolute Gasteiger partial charge is 0.405 e. The van der Waals surface area contributed by atoms with E-state index in [1.54, 1.807) is 6.07 Å². The van der Waals surface area contributed by atoms with Crippen LogP contribution in [0.1, 0.15) is 18.4 Å². The van der Waals surface area contributed by atoms with Crippen molar-refractivity contribution < 1.29 is 27.5 Å². The number of halogens is 3. The van der Waals surface area contributed by atoms with Crippen LogP contribution in [0.25, 0.3) is 0 Å². The second-order valence-corrected chi connectivity index (χ2v) is 5.97. The van der Waals surface area contributed by atoms with E-state index in [1.165, 1.54) is 35.0 Å². The van der Waals surface area contributed by atoms with Gasteiger partial charge < -0.3 is 20.3 Å². The molecule has 1 heterocycles. The van der Waals surface area contributed by atoms with Gasteiger partial charge in [-0.15, -0.1) is 13.2 Å². The van der Waals surface area contributed by atoms with Crippen LogP contribution in [0.15, 0.2) is 24.3 Å². The third-order valence-corrected chi connectivity index (χ3v) is 4.06. The molecule has 1 atom stereocenters. The zero-order chi connectivity index (χ0) is 18.6. The van der Waals surface area contributed by atoms with E-state index < -0.39 is 18.3 Å². The molecule has 2 rings (SSSR count). The summed E-state index contributed by atoms with van der Waals surface area (Å²) in [7, 11) is 1.51. The van der Waals surface area contributed by atoms with Crippen LogP contribution in [0.3, 0.4) is 0 Å². The summed E-state index contributed by atoms with van der Waals surface area (Å²) in [6, 6.07) is 5.10. The maximum Gasteiger partial charge on any atom is 0.573 e. The van der Waals surface area contributed by atoms with Gasteiger partial charge in [0.15, 0.2) is 0 Å². The molecule has 25 heavy (non-hydrogen) atoms. The molecule has 1 aromatic carbocycles. The van der Waals surface area contributed by atoms with Gasteiger partial charge in [-0.2, -0.15) is 0 Å². The van der Waals surface area contributed by atoms with Gasteiger partial charge in [0.1, 0.15) is 5.75 Å². The van der Waals surface area contributed by atoms with Gasteiger partial charge in [-0.25, -0.2) is 4.79 Å².